The molecule has 0 bridgehead atoms. The maximum absolute atomic E-state index is 11.6. The molecular weight excluding hydrogens is 600 g/mol. The summed E-state index contributed by atoms with van der Waals surface area (Å²) in [6.07, 6.45) is 7.69. The van der Waals surface area contributed by atoms with E-state index in [0.717, 1.165) is 74.5 Å². The number of hydrogen-bond acceptors (Lipinski definition) is 6. The summed E-state index contributed by atoms with van der Waals surface area (Å²) in [5.74, 6) is 0. The van der Waals surface area contributed by atoms with Crippen molar-refractivity contribution < 1.29 is 28.8 Å². The summed E-state index contributed by atoms with van der Waals surface area (Å²) >= 11 is 6.93. The molecule has 6 atom stereocenters. The molecule has 1 saturated heterocycles. The zero-order valence-electron chi connectivity index (χ0n) is 29.0. The van der Waals surface area contributed by atoms with Gasteiger partial charge in [0.2, 0.25) is 0 Å². The molecule has 0 radical (unpaired) electrons. The van der Waals surface area contributed by atoms with Gasteiger partial charge in [-0.2, -0.15) is 0 Å². The van der Waals surface area contributed by atoms with Crippen LogP contribution in [0.25, 0.3) is 0 Å². The van der Waals surface area contributed by atoms with Crippen LogP contribution in [0.15, 0.2) is 36.4 Å². The first-order valence-corrected chi connectivity index (χ1v) is 18.5. The van der Waals surface area contributed by atoms with Crippen LogP contribution in [0.1, 0.15) is 126 Å². The first-order valence-electron chi connectivity index (χ1n) is 18.1. The van der Waals surface area contributed by atoms with Crippen LogP contribution in [0, 0.1) is 0 Å². The molecule has 6 nitrogen and oxygen atoms in total. The Hall–Kier alpha value is -1.51. The largest absolute Gasteiger partial charge is 0.388 e. The summed E-state index contributed by atoms with van der Waals surface area (Å²) in [7, 11) is 0. The van der Waals surface area contributed by atoms with Gasteiger partial charge in [-0.1, -0.05) is 102 Å². The minimum absolute atomic E-state index is 0.354. The number of aliphatic hydroxyl groups excluding tert-OH is 1. The summed E-state index contributed by atoms with van der Waals surface area (Å²) in [5, 5.41) is 12.3. The summed E-state index contributed by atoms with van der Waals surface area (Å²) in [6.45, 7) is 13.7. The Morgan fingerprint density at radius 2 is 1.37 bits per heavy atom. The lowest BCUT2D eigenvalue weighted by Gasteiger charge is -2.52. The topological polar surface area (TPSA) is 66.4 Å². The third-order valence-corrected chi connectivity index (χ3v) is 9.85. The minimum atomic E-state index is -0.936. The van der Waals surface area contributed by atoms with Crippen molar-refractivity contribution in [1.29, 1.82) is 0 Å². The zero-order valence-corrected chi connectivity index (χ0v) is 29.8. The molecule has 0 aromatic heterocycles. The molecule has 2 aromatic rings. The Bertz CT molecular complexity index is 1170. The molecule has 1 aliphatic heterocycles. The highest BCUT2D eigenvalue weighted by Gasteiger charge is 2.61. The van der Waals surface area contributed by atoms with Crippen molar-refractivity contribution in [2.75, 3.05) is 33.0 Å². The quantitative estimate of drug-likeness (QED) is 0.143. The minimum Gasteiger partial charge on any atom is -0.388 e. The number of aliphatic hydroxyl groups is 1. The summed E-state index contributed by atoms with van der Waals surface area (Å²) < 4.78 is 33.7. The molecule has 1 unspecified atom stereocenters. The van der Waals surface area contributed by atoms with Gasteiger partial charge in [0, 0.05) is 37.9 Å². The van der Waals surface area contributed by atoms with Crippen LogP contribution in [0.3, 0.4) is 0 Å². The van der Waals surface area contributed by atoms with E-state index < -0.39 is 17.8 Å². The van der Waals surface area contributed by atoms with E-state index in [1.165, 1.54) is 11.1 Å². The van der Waals surface area contributed by atoms with Gasteiger partial charge in [0.25, 0.3) is 0 Å². The Morgan fingerprint density at radius 1 is 0.783 bits per heavy atom. The molecule has 7 heteroatoms. The molecule has 258 valence electrons. The average molecular weight is 659 g/mol. The Balaban J connectivity index is 1.79. The second-order valence-electron chi connectivity index (χ2n) is 13.1. The van der Waals surface area contributed by atoms with Gasteiger partial charge < -0.3 is 28.8 Å². The first-order chi connectivity index (χ1) is 22.4. The second kappa shape index (κ2) is 18.9. The molecule has 0 saturated carbocycles. The van der Waals surface area contributed by atoms with E-state index in [0.29, 0.717) is 50.9 Å². The van der Waals surface area contributed by atoms with Crippen LogP contribution in [0.2, 0.25) is 5.02 Å². The van der Waals surface area contributed by atoms with Gasteiger partial charge in [-0.15, -0.1) is 0 Å². The average Bonchev–Trinajstić information content (AvgIpc) is 3.32. The fourth-order valence-corrected chi connectivity index (χ4v) is 6.98. The van der Waals surface area contributed by atoms with Gasteiger partial charge >= 0.3 is 0 Å². The van der Waals surface area contributed by atoms with E-state index >= 15 is 0 Å². The highest BCUT2D eigenvalue weighted by Crippen LogP contribution is 2.54. The number of rotatable bonds is 20. The van der Waals surface area contributed by atoms with Crippen LogP contribution in [-0.2, 0) is 42.1 Å². The molecule has 0 amide bonds. The van der Waals surface area contributed by atoms with Crippen molar-refractivity contribution >= 4 is 11.6 Å². The first kappa shape index (κ1) is 37.3. The van der Waals surface area contributed by atoms with Crippen LogP contribution >= 0.6 is 11.6 Å². The van der Waals surface area contributed by atoms with E-state index in [1.807, 2.05) is 6.07 Å². The normalized spacial score (nSPS) is 25.8. The van der Waals surface area contributed by atoms with Gasteiger partial charge in [-0.3, -0.25) is 0 Å². The number of benzene rings is 2. The molecule has 1 aliphatic carbocycles. The molecule has 2 aliphatic rings. The fraction of sp³-hybridized carbons (Fsp3) is 0.692. The van der Waals surface area contributed by atoms with E-state index in [1.54, 1.807) is 0 Å². The van der Waals surface area contributed by atoms with Gasteiger partial charge in [0.1, 0.15) is 30.0 Å². The number of ether oxygens (including phenoxy) is 5. The highest BCUT2D eigenvalue weighted by molar-refractivity contribution is 6.31. The predicted octanol–water partition coefficient (Wildman–Crippen LogP) is 8.90. The van der Waals surface area contributed by atoms with Gasteiger partial charge in [0.05, 0.1) is 12.7 Å². The number of fused-ring (bicyclic) bond motifs is 2. The van der Waals surface area contributed by atoms with Crippen LogP contribution < -0.4 is 0 Å². The third kappa shape index (κ3) is 9.13. The van der Waals surface area contributed by atoms with E-state index in [2.05, 4.69) is 65.0 Å². The summed E-state index contributed by atoms with van der Waals surface area (Å²) in [6, 6.07) is 12.8. The summed E-state index contributed by atoms with van der Waals surface area (Å²) in [5.41, 5.74) is 4.33. The van der Waals surface area contributed by atoms with Crippen LogP contribution in [0.5, 0.6) is 0 Å². The van der Waals surface area contributed by atoms with Gasteiger partial charge in [-0.25, -0.2) is 0 Å². The lowest BCUT2D eigenvalue weighted by molar-refractivity contribution is -0.310. The predicted molar refractivity (Wildman–Crippen MR) is 186 cm³/mol. The monoisotopic (exact) mass is 658 g/mol. The SMILES string of the molecule is CCCCOC[C@H]1O[C@]2(CC(O)c3cc(Cl)c(Cc4ccc(CC)cc4)cc32)[C@H](OCCCC)[C@@H](OCCCC)[C@@H]1OCCCC. The molecule has 2 aromatic carbocycles. The smallest absolute Gasteiger partial charge is 0.126 e. The third-order valence-electron chi connectivity index (χ3n) is 9.50. The zero-order chi connectivity index (χ0) is 32.9. The standard InChI is InChI=1S/C39H59ClO6/c1-6-11-19-42-27-35-36(43-20-12-7-2)37(44-21-13-8-3)38(45-22-14-9-4)39(46-35)26-34(41)31-25-33(40)30(24-32(31)39)23-29-17-15-28(10-5)16-18-29/h15-18,24-25,34-38,41H,6-14,19-23,26-27H2,1-5H3/t34?,35-,36-,37+,38-,39+/m1/s1. The number of unbranched alkanes of at least 4 members (excludes halogenated alkanes) is 4. The Morgan fingerprint density at radius 3 is 2.00 bits per heavy atom. The second-order valence-corrected chi connectivity index (χ2v) is 13.5. The van der Waals surface area contributed by atoms with Crippen molar-refractivity contribution in [1.82, 2.24) is 0 Å². The van der Waals surface area contributed by atoms with Crippen molar-refractivity contribution in [3.05, 3.63) is 69.2 Å². The number of aryl methyl sites for hydroxylation is 1. The van der Waals surface area contributed by atoms with Crippen molar-refractivity contribution in [3.63, 3.8) is 0 Å². The molecule has 4 rings (SSSR count). The lowest BCUT2D eigenvalue weighted by atomic mass is 9.79. The van der Waals surface area contributed by atoms with Crippen LogP contribution in [0.4, 0.5) is 0 Å². The Kier molecular flexibility index (Phi) is 15.3. The molecule has 1 heterocycles. The van der Waals surface area contributed by atoms with Gasteiger partial charge in [-0.05, 0) is 72.4 Å². The fourth-order valence-electron chi connectivity index (χ4n) is 6.74. The molecule has 1 spiro atoms. The molecule has 46 heavy (non-hydrogen) atoms. The maximum Gasteiger partial charge on any atom is 0.126 e. The van der Waals surface area contributed by atoms with Crippen molar-refractivity contribution in [2.45, 2.75) is 141 Å². The van der Waals surface area contributed by atoms with Gasteiger partial charge in [0.15, 0.2) is 0 Å². The number of hydrogen-bond donors (Lipinski definition) is 1. The van der Waals surface area contributed by atoms with E-state index in [-0.39, 0.29) is 18.3 Å². The Labute approximate surface area is 283 Å². The summed E-state index contributed by atoms with van der Waals surface area (Å²) in [4.78, 5) is 0. The molecule has 1 N–H and O–H groups in total. The maximum atomic E-state index is 11.6. The molecule has 1 fully saturated rings. The highest BCUT2D eigenvalue weighted by atomic mass is 35.5. The van der Waals surface area contributed by atoms with Crippen molar-refractivity contribution in [2.24, 2.45) is 0 Å². The van der Waals surface area contributed by atoms with Crippen molar-refractivity contribution in [3.8, 4) is 0 Å². The van der Waals surface area contributed by atoms with E-state index in [9.17, 15) is 5.11 Å². The lowest BCUT2D eigenvalue weighted by Crippen LogP contribution is -2.65. The van der Waals surface area contributed by atoms with E-state index in [4.69, 9.17) is 35.3 Å². The number of halogens is 1. The van der Waals surface area contributed by atoms with Crippen LogP contribution in [-0.4, -0.2) is 62.6 Å². The molecular formula is C39H59ClO6.